The molecule has 0 aromatic heterocycles. The van der Waals surface area contributed by atoms with E-state index in [0.717, 1.165) is 37.0 Å². The van der Waals surface area contributed by atoms with Crippen LogP contribution in [0.2, 0.25) is 0 Å². The van der Waals surface area contributed by atoms with Crippen LogP contribution in [0.1, 0.15) is 75.2 Å². The van der Waals surface area contributed by atoms with E-state index in [-0.39, 0.29) is 23.7 Å². The smallest absolute Gasteiger partial charge is 0.494 e. The second-order valence-electron chi connectivity index (χ2n) is 9.06. The zero-order valence-electron chi connectivity index (χ0n) is 22.1. The maximum absolute atomic E-state index is 12.9. The third-order valence-electron chi connectivity index (χ3n) is 6.09. The Kier molecular flexibility index (Phi) is 12.6. The average molecular weight is 503 g/mol. The van der Waals surface area contributed by atoms with Crippen molar-refractivity contribution >= 4 is 14.8 Å². The zero-order valence-corrected chi connectivity index (χ0v) is 23.1. The number of ketones is 1. The Balaban J connectivity index is 1.67. The third-order valence-corrected chi connectivity index (χ3v) is 8.41. The van der Waals surface area contributed by atoms with Gasteiger partial charge in [0.05, 0.1) is 6.61 Å². The van der Waals surface area contributed by atoms with Crippen LogP contribution in [0.3, 0.4) is 0 Å². The van der Waals surface area contributed by atoms with Gasteiger partial charge >= 0.3 is 9.05 Å². The normalized spacial score (nSPS) is 13.6. The van der Waals surface area contributed by atoms with Gasteiger partial charge in [-0.25, -0.2) is 0 Å². The lowest BCUT2D eigenvalue weighted by molar-refractivity contribution is -0.0266. The Morgan fingerprint density at radius 1 is 0.800 bits per heavy atom. The number of hydrogen-bond donors (Lipinski definition) is 0. The van der Waals surface area contributed by atoms with Crippen LogP contribution < -0.4 is 4.74 Å². The topological polar surface area (TPSA) is 63.2 Å². The van der Waals surface area contributed by atoms with Crippen molar-refractivity contribution < 1.29 is 27.2 Å². The van der Waals surface area contributed by atoms with Crippen LogP contribution in [0.5, 0.6) is 5.75 Å². The maximum Gasteiger partial charge on any atom is 0.679 e. The van der Waals surface area contributed by atoms with E-state index < -0.39 is 9.05 Å². The van der Waals surface area contributed by atoms with E-state index in [9.17, 15) is 4.79 Å². The minimum atomic E-state index is -3.02. The van der Waals surface area contributed by atoms with Gasteiger partial charge in [-0.1, -0.05) is 50.6 Å². The van der Waals surface area contributed by atoms with Crippen LogP contribution in [-0.4, -0.2) is 48.4 Å². The molecule has 0 bridgehead atoms. The van der Waals surface area contributed by atoms with Crippen LogP contribution in [0.4, 0.5) is 0 Å². The molecular formula is C28H42O6Si. The van der Waals surface area contributed by atoms with Crippen LogP contribution >= 0.6 is 0 Å². The van der Waals surface area contributed by atoms with Crippen LogP contribution in [0, 0.1) is 5.92 Å². The predicted molar refractivity (Wildman–Crippen MR) is 141 cm³/mol. The van der Waals surface area contributed by atoms with E-state index in [1.807, 2.05) is 63.2 Å². The summed E-state index contributed by atoms with van der Waals surface area (Å²) in [6.45, 7) is 9.15. The van der Waals surface area contributed by atoms with Gasteiger partial charge in [-0.3, -0.25) is 4.79 Å². The first-order chi connectivity index (χ1) is 16.8. The number of ether oxygens (including phenoxy) is 1. The molecule has 2 atom stereocenters. The molecule has 0 fully saturated rings. The second-order valence-corrected chi connectivity index (χ2v) is 11.4. The van der Waals surface area contributed by atoms with E-state index in [1.54, 1.807) is 14.2 Å². The van der Waals surface area contributed by atoms with E-state index in [4.69, 9.17) is 22.4 Å². The van der Waals surface area contributed by atoms with Crippen molar-refractivity contribution in [3.63, 3.8) is 0 Å². The number of hydrogen-bond acceptors (Lipinski definition) is 6. The van der Waals surface area contributed by atoms with Crippen LogP contribution in [0.15, 0.2) is 54.6 Å². The number of carbonyl (C=O) groups excluding carboxylic acids is 1. The summed E-state index contributed by atoms with van der Waals surface area (Å²) in [5.74, 6) is 1.01. The lowest BCUT2D eigenvalue weighted by Gasteiger charge is -2.26. The van der Waals surface area contributed by atoms with Gasteiger partial charge in [-0.2, -0.15) is 0 Å². The Labute approximate surface area is 212 Å². The van der Waals surface area contributed by atoms with E-state index in [1.165, 1.54) is 5.56 Å². The molecule has 0 aliphatic heterocycles. The molecule has 0 N–H and O–H groups in total. The molecule has 35 heavy (non-hydrogen) atoms. The molecule has 0 aliphatic rings. The minimum Gasteiger partial charge on any atom is -0.494 e. The van der Waals surface area contributed by atoms with Gasteiger partial charge in [0.1, 0.15) is 5.75 Å². The summed E-state index contributed by atoms with van der Waals surface area (Å²) in [4.78, 5) is 12.9. The quantitative estimate of drug-likeness (QED) is 0.141. The van der Waals surface area contributed by atoms with Crippen molar-refractivity contribution in [1.29, 1.82) is 0 Å². The lowest BCUT2D eigenvalue weighted by Crippen LogP contribution is -2.49. The number of rotatable bonds is 17. The van der Waals surface area contributed by atoms with E-state index in [2.05, 4.69) is 19.1 Å². The first-order valence-corrected chi connectivity index (χ1v) is 14.2. The molecule has 2 aromatic carbocycles. The standard InChI is InChI=1S/C28H42O6Si/c1-22(2)34-35(30-5,31-6)33-21-13-8-7-12-20-32-27-18-16-26(17-19-27)28(29)24(4)23(3)25-14-10-9-11-15-25/h9-11,14-19,22-24H,7-8,12-13,20-21H2,1-6H3. The first-order valence-electron chi connectivity index (χ1n) is 12.6. The first kappa shape index (κ1) is 29.2. The fraction of sp³-hybridized carbons (Fsp3) is 0.536. The van der Waals surface area contributed by atoms with Crippen molar-refractivity contribution in [3.05, 3.63) is 65.7 Å². The number of benzene rings is 2. The Morgan fingerprint density at radius 3 is 1.97 bits per heavy atom. The monoisotopic (exact) mass is 502 g/mol. The molecule has 2 aromatic rings. The van der Waals surface area contributed by atoms with Crippen LogP contribution in [-0.2, 0) is 17.7 Å². The SMILES string of the molecule is CO[Si](OC)(OCCCCCCOc1ccc(C(=O)C(C)C(C)c2ccccc2)cc1)OC(C)C. The van der Waals surface area contributed by atoms with Gasteiger partial charge in [0, 0.05) is 38.4 Å². The second kappa shape index (κ2) is 15.2. The van der Waals surface area contributed by atoms with Gasteiger partial charge in [-0.05, 0) is 68.9 Å². The summed E-state index contributed by atoms with van der Waals surface area (Å²) in [5, 5.41) is 0. The summed E-state index contributed by atoms with van der Waals surface area (Å²) in [6.07, 6.45) is 3.89. The molecule has 0 spiro atoms. The van der Waals surface area contributed by atoms with Gasteiger partial charge in [0.15, 0.2) is 5.78 Å². The van der Waals surface area contributed by atoms with Crippen LogP contribution in [0.25, 0.3) is 0 Å². The number of unbranched alkanes of at least 4 members (excludes halogenated alkanes) is 3. The summed E-state index contributed by atoms with van der Waals surface area (Å²) < 4.78 is 28.2. The third kappa shape index (κ3) is 9.50. The molecule has 0 amide bonds. The minimum absolute atomic E-state index is 0.0212. The average Bonchev–Trinajstić information content (AvgIpc) is 2.88. The molecule has 7 heteroatoms. The maximum atomic E-state index is 12.9. The van der Waals surface area contributed by atoms with Crippen molar-refractivity contribution in [2.75, 3.05) is 27.4 Å². The van der Waals surface area contributed by atoms with Crippen molar-refractivity contribution in [1.82, 2.24) is 0 Å². The van der Waals surface area contributed by atoms with Crippen molar-refractivity contribution in [2.24, 2.45) is 5.92 Å². The molecule has 0 saturated heterocycles. The molecule has 0 radical (unpaired) electrons. The number of carbonyl (C=O) groups is 1. The van der Waals surface area contributed by atoms with Gasteiger partial charge in [0.25, 0.3) is 0 Å². The summed E-state index contributed by atoms with van der Waals surface area (Å²) in [5.41, 5.74) is 1.91. The lowest BCUT2D eigenvalue weighted by atomic mass is 9.84. The molecule has 194 valence electrons. The zero-order chi connectivity index (χ0) is 25.7. The van der Waals surface area contributed by atoms with E-state index in [0.29, 0.717) is 13.2 Å². The summed E-state index contributed by atoms with van der Waals surface area (Å²) in [6, 6.07) is 17.7. The molecule has 6 nitrogen and oxygen atoms in total. The highest BCUT2D eigenvalue weighted by molar-refractivity contribution is 6.53. The molecule has 2 rings (SSSR count). The van der Waals surface area contributed by atoms with Gasteiger partial charge in [0.2, 0.25) is 0 Å². The predicted octanol–water partition coefficient (Wildman–Crippen LogP) is 6.42. The Hall–Kier alpha value is -2.03. The highest BCUT2D eigenvalue weighted by atomic mass is 28.4. The largest absolute Gasteiger partial charge is 0.679 e. The fourth-order valence-electron chi connectivity index (χ4n) is 3.82. The number of Topliss-reactive ketones (excluding diaryl/α,β-unsaturated/α-hetero) is 1. The Morgan fingerprint density at radius 2 is 1.40 bits per heavy atom. The highest BCUT2D eigenvalue weighted by Crippen LogP contribution is 2.27. The molecular weight excluding hydrogens is 460 g/mol. The summed E-state index contributed by atoms with van der Waals surface area (Å²) in [7, 11) is 0.0999. The molecule has 2 unspecified atom stereocenters. The summed E-state index contributed by atoms with van der Waals surface area (Å²) >= 11 is 0. The van der Waals surface area contributed by atoms with Gasteiger partial charge in [-0.15, -0.1) is 0 Å². The van der Waals surface area contributed by atoms with Gasteiger partial charge < -0.3 is 22.4 Å². The Bertz CT molecular complexity index is 852. The van der Waals surface area contributed by atoms with Crippen molar-refractivity contribution in [2.45, 2.75) is 65.4 Å². The molecule has 0 heterocycles. The van der Waals surface area contributed by atoms with E-state index >= 15 is 0 Å². The molecule has 0 saturated carbocycles. The molecule has 0 aliphatic carbocycles. The highest BCUT2D eigenvalue weighted by Gasteiger charge is 2.44. The van der Waals surface area contributed by atoms with Crippen molar-refractivity contribution in [3.8, 4) is 5.75 Å². The fourth-order valence-corrected chi connectivity index (χ4v) is 5.45.